The van der Waals surface area contributed by atoms with Crippen LogP contribution in [0.5, 0.6) is 0 Å². The molecule has 2 heterocycles. The van der Waals surface area contributed by atoms with Crippen LogP contribution < -0.4 is 10.2 Å². The molecule has 1 atom stereocenters. The Balaban J connectivity index is 1.47. The van der Waals surface area contributed by atoms with Crippen molar-refractivity contribution in [1.29, 1.82) is 0 Å². The van der Waals surface area contributed by atoms with Gasteiger partial charge in [-0.05, 0) is 36.2 Å². The van der Waals surface area contributed by atoms with Gasteiger partial charge in [0.2, 0.25) is 0 Å². The fourth-order valence-electron chi connectivity index (χ4n) is 4.61. The summed E-state index contributed by atoms with van der Waals surface area (Å²) in [6.45, 7) is 3.36. The lowest BCUT2D eigenvalue weighted by Crippen LogP contribution is -2.53. The van der Waals surface area contributed by atoms with Crippen LogP contribution in [0.15, 0.2) is 72.8 Å². The number of halogens is 1. The highest BCUT2D eigenvalue weighted by Crippen LogP contribution is 2.54. The summed E-state index contributed by atoms with van der Waals surface area (Å²) in [6, 6.07) is 23.2. The van der Waals surface area contributed by atoms with E-state index >= 15 is 0 Å². The first-order valence-electron chi connectivity index (χ1n) is 10.9. The third-order valence-corrected chi connectivity index (χ3v) is 7.76. The average Bonchev–Trinajstić information content (AvgIpc) is 3.35. The Morgan fingerprint density at radius 3 is 2.64 bits per heavy atom. The van der Waals surface area contributed by atoms with Crippen LogP contribution in [0.25, 0.3) is 0 Å². The van der Waals surface area contributed by atoms with E-state index in [-0.39, 0.29) is 11.9 Å². The van der Waals surface area contributed by atoms with Gasteiger partial charge in [0, 0.05) is 29.4 Å². The lowest BCUT2D eigenvalue weighted by Gasteiger charge is -2.33. The molecular formula is C26H24ClN3O2S. The summed E-state index contributed by atoms with van der Waals surface area (Å²) >= 11 is 7.87. The van der Waals surface area contributed by atoms with Crippen molar-refractivity contribution in [3.05, 3.63) is 100 Å². The van der Waals surface area contributed by atoms with Crippen LogP contribution in [0.3, 0.4) is 0 Å². The molecule has 0 saturated carbocycles. The van der Waals surface area contributed by atoms with Crippen LogP contribution in [0.1, 0.15) is 22.3 Å². The van der Waals surface area contributed by atoms with Crippen molar-refractivity contribution in [1.82, 2.24) is 10.2 Å². The van der Waals surface area contributed by atoms with Crippen LogP contribution in [0.4, 0.5) is 10.5 Å². The minimum atomic E-state index is -1.11. The largest absolute Gasteiger partial charge is 0.334 e. The number of carbonyl (C=O) groups is 2. The SMILES string of the molecule is Cc1cccc(CNC(=O)N2CCS[C@@]23C(=O)N(Cc2ccccc2)c2ccc(Cl)cc23)c1. The van der Waals surface area contributed by atoms with Gasteiger partial charge in [0.15, 0.2) is 4.87 Å². The number of nitrogens with one attached hydrogen (secondary N) is 1. The molecule has 2 aliphatic rings. The maximum Gasteiger partial charge on any atom is 0.319 e. The van der Waals surface area contributed by atoms with Gasteiger partial charge in [-0.1, -0.05) is 71.8 Å². The van der Waals surface area contributed by atoms with E-state index in [4.69, 9.17) is 11.6 Å². The minimum Gasteiger partial charge on any atom is -0.334 e. The minimum absolute atomic E-state index is 0.100. The fraction of sp³-hybridized carbons (Fsp3) is 0.231. The first kappa shape index (κ1) is 21.9. The van der Waals surface area contributed by atoms with Crippen molar-refractivity contribution in [3.8, 4) is 0 Å². The highest BCUT2D eigenvalue weighted by molar-refractivity contribution is 8.01. The molecule has 1 saturated heterocycles. The third kappa shape index (κ3) is 3.87. The molecule has 0 radical (unpaired) electrons. The van der Waals surface area contributed by atoms with Gasteiger partial charge in [-0.25, -0.2) is 4.79 Å². The second-order valence-electron chi connectivity index (χ2n) is 8.33. The summed E-state index contributed by atoms with van der Waals surface area (Å²) < 4.78 is 0. The number of hydrogen-bond acceptors (Lipinski definition) is 3. The molecule has 168 valence electrons. The summed E-state index contributed by atoms with van der Waals surface area (Å²) in [7, 11) is 0. The van der Waals surface area contributed by atoms with E-state index in [1.165, 1.54) is 11.8 Å². The van der Waals surface area contributed by atoms with Gasteiger partial charge in [-0.2, -0.15) is 0 Å². The first-order valence-corrected chi connectivity index (χ1v) is 12.3. The van der Waals surface area contributed by atoms with Crippen molar-refractivity contribution in [2.24, 2.45) is 0 Å². The van der Waals surface area contributed by atoms with Crippen molar-refractivity contribution < 1.29 is 9.59 Å². The number of carbonyl (C=O) groups excluding carboxylic acids is 2. The Bertz CT molecular complexity index is 1220. The van der Waals surface area contributed by atoms with Gasteiger partial charge >= 0.3 is 6.03 Å². The molecule has 1 fully saturated rings. The van der Waals surface area contributed by atoms with E-state index < -0.39 is 4.87 Å². The standard InChI is InChI=1S/C26H24ClN3O2S/c1-18-6-5-9-20(14-18)16-28-25(32)30-12-13-33-26(30)22-15-21(27)10-11-23(22)29(24(26)31)17-19-7-3-2-4-8-19/h2-11,14-15H,12-13,16-17H2,1H3,(H,28,32)/t26-/m0/s1. The van der Waals surface area contributed by atoms with E-state index in [2.05, 4.69) is 5.32 Å². The summed E-state index contributed by atoms with van der Waals surface area (Å²) in [5.41, 5.74) is 4.78. The Kier molecular flexibility index (Phi) is 5.81. The second-order valence-corrected chi connectivity index (χ2v) is 10.1. The van der Waals surface area contributed by atoms with Crippen LogP contribution >= 0.6 is 23.4 Å². The molecule has 0 aliphatic carbocycles. The highest BCUT2D eigenvalue weighted by Gasteiger charge is 2.59. The number of amides is 3. The monoisotopic (exact) mass is 477 g/mol. The number of aryl methyl sites for hydroxylation is 1. The average molecular weight is 478 g/mol. The molecule has 3 aromatic rings. The second kappa shape index (κ2) is 8.76. The van der Waals surface area contributed by atoms with E-state index in [0.717, 1.165) is 27.9 Å². The normalized spacial score (nSPS) is 19.3. The van der Waals surface area contributed by atoms with Crippen LogP contribution in [-0.2, 0) is 22.8 Å². The number of hydrogen-bond donors (Lipinski definition) is 1. The molecule has 3 amide bonds. The summed E-state index contributed by atoms with van der Waals surface area (Å²) in [4.78, 5) is 29.7. The molecule has 7 heteroatoms. The number of urea groups is 1. The van der Waals surface area contributed by atoms with Crippen molar-refractivity contribution in [2.45, 2.75) is 24.9 Å². The molecule has 0 unspecified atom stereocenters. The van der Waals surface area contributed by atoms with Gasteiger partial charge in [0.05, 0.1) is 12.2 Å². The van der Waals surface area contributed by atoms with Gasteiger partial charge < -0.3 is 10.2 Å². The number of rotatable bonds is 4. The number of thioether (sulfide) groups is 1. The molecule has 1 N–H and O–H groups in total. The zero-order valence-corrected chi connectivity index (χ0v) is 19.8. The molecule has 2 aliphatic heterocycles. The molecule has 1 spiro atoms. The Labute approximate surface area is 202 Å². The predicted molar refractivity (Wildman–Crippen MR) is 133 cm³/mol. The number of nitrogens with zero attached hydrogens (tertiary/aromatic N) is 2. The molecule has 5 rings (SSSR count). The topological polar surface area (TPSA) is 52.7 Å². The molecule has 5 nitrogen and oxygen atoms in total. The van der Waals surface area contributed by atoms with Gasteiger partial charge in [-0.15, -0.1) is 11.8 Å². The Hall–Kier alpha value is -2.96. The summed E-state index contributed by atoms with van der Waals surface area (Å²) in [6.07, 6.45) is 0. The fourth-order valence-corrected chi connectivity index (χ4v) is 6.23. The van der Waals surface area contributed by atoms with Crippen LogP contribution in [0, 0.1) is 6.92 Å². The molecule has 3 aromatic carbocycles. The maximum atomic E-state index is 14.0. The van der Waals surface area contributed by atoms with E-state index in [1.54, 1.807) is 15.9 Å². The summed E-state index contributed by atoms with van der Waals surface area (Å²) in [5.74, 6) is 0.575. The van der Waals surface area contributed by atoms with Gasteiger partial charge in [0.1, 0.15) is 0 Å². The smallest absolute Gasteiger partial charge is 0.319 e. The summed E-state index contributed by atoms with van der Waals surface area (Å²) in [5, 5.41) is 3.57. The Morgan fingerprint density at radius 2 is 1.85 bits per heavy atom. The van der Waals surface area contributed by atoms with E-state index in [9.17, 15) is 9.59 Å². The molecule has 0 bridgehead atoms. The quantitative estimate of drug-likeness (QED) is 0.554. The van der Waals surface area contributed by atoms with Gasteiger partial charge in [0.25, 0.3) is 5.91 Å². The predicted octanol–water partition coefficient (Wildman–Crippen LogP) is 5.31. The molecular weight excluding hydrogens is 454 g/mol. The Morgan fingerprint density at radius 1 is 1.06 bits per heavy atom. The van der Waals surface area contributed by atoms with Crippen molar-refractivity contribution in [2.75, 3.05) is 17.2 Å². The van der Waals surface area contributed by atoms with Crippen molar-refractivity contribution in [3.63, 3.8) is 0 Å². The van der Waals surface area contributed by atoms with Gasteiger partial charge in [-0.3, -0.25) is 9.69 Å². The molecule has 0 aromatic heterocycles. The lowest BCUT2D eigenvalue weighted by molar-refractivity contribution is -0.123. The first-order chi connectivity index (χ1) is 16.0. The maximum absolute atomic E-state index is 14.0. The number of anilines is 1. The zero-order valence-electron chi connectivity index (χ0n) is 18.3. The lowest BCUT2D eigenvalue weighted by atomic mass is 10.1. The van der Waals surface area contributed by atoms with E-state index in [0.29, 0.717) is 30.4 Å². The van der Waals surface area contributed by atoms with Crippen LogP contribution in [-0.4, -0.2) is 29.1 Å². The number of fused-ring (bicyclic) bond motifs is 2. The highest BCUT2D eigenvalue weighted by atomic mass is 35.5. The van der Waals surface area contributed by atoms with Crippen molar-refractivity contribution >= 4 is 41.0 Å². The number of benzene rings is 3. The van der Waals surface area contributed by atoms with Crippen LogP contribution in [0.2, 0.25) is 5.02 Å². The molecule has 33 heavy (non-hydrogen) atoms. The zero-order chi connectivity index (χ0) is 23.0. The third-order valence-electron chi connectivity index (χ3n) is 6.11. The van der Waals surface area contributed by atoms with E-state index in [1.807, 2.05) is 73.7 Å².